The summed E-state index contributed by atoms with van der Waals surface area (Å²) in [6, 6.07) is 17.8. The molecule has 0 bridgehead atoms. The number of ether oxygens (including phenoxy) is 1. The van der Waals surface area contributed by atoms with Gasteiger partial charge in [-0.15, -0.1) is 0 Å². The van der Waals surface area contributed by atoms with Crippen LogP contribution >= 0.6 is 0 Å². The number of amides is 1. The first-order valence-electron chi connectivity index (χ1n) is 12.8. The first-order chi connectivity index (χ1) is 17.7. The second-order valence-electron chi connectivity index (χ2n) is 10.6. The van der Waals surface area contributed by atoms with Crippen molar-refractivity contribution in [2.24, 2.45) is 0 Å². The van der Waals surface area contributed by atoms with Gasteiger partial charge in [-0.1, -0.05) is 30.3 Å². The molecule has 0 unspecified atom stereocenters. The number of phenolic OH excluding ortho intramolecular Hbond substituents is 1. The summed E-state index contributed by atoms with van der Waals surface area (Å²) in [6.07, 6.45) is 2.34. The number of carbonyl (C=O) groups is 1. The van der Waals surface area contributed by atoms with Gasteiger partial charge in [0, 0.05) is 50.5 Å². The maximum atomic E-state index is 12.5. The predicted octanol–water partition coefficient (Wildman–Crippen LogP) is 4.95. The Morgan fingerprint density at radius 3 is 2.62 bits per heavy atom. The van der Waals surface area contributed by atoms with Gasteiger partial charge in [0.1, 0.15) is 11.4 Å². The van der Waals surface area contributed by atoms with E-state index in [1.807, 2.05) is 39.0 Å². The van der Waals surface area contributed by atoms with Crippen molar-refractivity contribution in [2.45, 2.75) is 52.3 Å². The number of rotatable bonds is 7. The van der Waals surface area contributed by atoms with Crippen LogP contribution in [0.15, 0.2) is 60.8 Å². The average Bonchev–Trinajstić information content (AvgIpc) is 2.86. The van der Waals surface area contributed by atoms with Crippen molar-refractivity contribution < 1.29 is 14.6 Å². The first kappa shape index (κ1) is 26.4. The van der Waals surface area contributed by atoms with Crippen LogP contribution in [0.4, 0.5) is 10.7 Å². The smallest absolute Gasteiger partial charge is 0.410 e. The van der Waals surface area contributed by atoms with Gasteiger partial charge in [-0.3, -0.25) is 4.90 Å². The van der Waals surface area contributed by atoms with E-state index in [4.69, 9.17) is 9.72 Å². The Morgan fingerprint density at radius 2 is 1.89 bits per heavy atom. The number of hydrogen-bond donors (Lipinski definition) is 2. The molecule has 8 heteroatoms. The average molecular weight is 504 g/mol. The first-order valence-corrected chi connectivity index (χ1v) is 12.8. The Balaban J connectivity index is 1.34. The highest BCUT2D eigenvalue weighted by Crippen LogP contribution is 2.22. The van der Waals surface area contributed by atoms with Gasteiger partial charge in [0.05, 0.1) is 5.69 Å². The highest BCUT2D eigenvalue weighted by molar-refractivity contribution is 5.68. The molecule has 1 aliphatic rings. The lowest BCUT2D eigenvalue weighted by molar-refractivity contribution is 0.00461. The molecule has 2 N–H and O–H groups in total. The zero-order valence-corrected chi connectivity index (χ0v) is 22.1. The number of nitrogens with one attached hydrogen (secondary N) is 1. The summed E-state index contributed by atoms with van der Waals surface area (Å²) in [5, 5.41) is 12.7. The number of anilines is 1. The van der Waals surface area contributed by atoms with E-state index in [1.54, 1.807) is 23.2 Å². The van der Waals surface area contributed by atoms with Crippen molar-refractivity contribution in [3.8, 4) is 17.0 Å². The van der Waals surface area contributed by atoms with Crippen LogP contribution < -0.4 is 5.32 Å². The Bertz CT molecular complexity index is 1190. The van der Waals surface area contributed by atoms with E-state index in [-0.39, 0.29) is 17.9 Å². The van der Waals surface area contributed by atoms with Gasteiger partial charge in [-0.25, -0.2) is 14.8 Å². The number of aromatic nitrogens is 2. The minimum atomic E-state index is -0.485. The number of hydrogen-bond acceptors (Lipinski definition) is 7. The molecule has 1 amide bonds. The summed E-state index contributed by atoms with van der Waals surface area (Å²) in [7, 11) is 0. The second kappa shape index (κ2) is 11.6. The topological polar surface area (TPSA) is 90.8 Å². The van der Waals surface area contributed by atoms with Crippen molar-refractivity contribution in [1.29, 1.82) is 0 Å². The van der Waals surface area contributed by atoms with Crippen LogP contribution in [0.5, 0.6) is 5.75 Å². The Labute approximate surface area is 219 Å². The predicted molar refractivity (Wildman–Crippen MR) is 145 cm³/mol. The third kappa shape index (κ3) is 7.67. The third-order valence-corrected chi connectivity index (χ3v) is 6.31. The summed E-state index contributed by atoms with van der Waals surface area (Å²) >= 11 is 0. The van der Waals surface area contributed by atoms with E-state index in [0.29, 0.717) is 25.6 Å². The molecule has 0 aliphatic carbocycles. The van der Waals surface area contributed by atoms with Crippen molar-refractivity contribution in [1.82, 2.24) is 19.8 Å². The van der Waals surface area contributed by atoms with E-state index >= 15 is 0 Å². The molecule has 1 saturated heterocycles. The lowest BCUT2D eigenvalue weighted by atomic mass is 10.1. The molecule has 2 aromatic carbocycles. The number of aromatic hydroxyl groups is 1. The summed E-state index contributed by atoms with van der Waals surface area (Å²) < 4.78 is 5.55. The zero-order chi connectivity index (χ0) is 26.4. The van der Waals surface area contributed by atoms with Crippen LogP contribution in [-0.4, -0.2) is 68.8 Å². The van der Waals surface area contributed by atoms with E-state index < -0.39 is 5.60 Å². The molecule has 1 aromatic heterocycles. The second-order valence-corrected chi connectivity index (χ2v) is 10.6. The zero-order valence-electron chi connectivity index (χ0n) is 22.1. The lowest BCUT2D eigenvalue weighted by Crippen LogP contribution is -2.54. The molecule has 1 aliphatic heterocycles. The normalized spacial score (nSPS) is 16.4. The summed E-state index contributed by atoms with van der Waals surface area (Å²) in [5.74, 6) is 0.862. The highest BCUT2D eigenvalue weighted by Gasteiger charge is 2.29. The van der Waals surface area contributed by atoms with Crippen LogP contribution in [-0.2, 0) is 17.7 Å². The maximum absolute atomic E-state index is 12.5. The van der Waals surface area contributed by atoms with Gasteiger partial charge in [0.2, 0.25) is 5.95 Å². The fourth-order valence-electron chi connectivity index (χ4n) is 4.37. The number of benzene rings is 2. The molecule has 1 fully saturated rings. The van der Waals surface area contributed by atoms with Gasteiger partial charge >= 0.3 is 6.09 Å². The summed E-state index contributed by atoms with van der Waals surface area (Å²) in [6.45, 7) is 11.4. The van der Waals surface area contributed by atoms with Gasteiger partial charge in [0.25, 0.3) is 0 Å². The Morgan fingerprint density at radius 1 is 1.11 bits per heavy atom. The molecular weight excluding hydrogens is 466 g/mol. The SMILES string of the molecule is C[C@H]1CN(C(=O)OC(C)(C)C)CCN1Cc1cccc(-c2ccnc(NCCc3ccc(O)cc3)n2)c1. The minimum absolute atomic E-state index is 0.230. The molecule has 0 saturated carbocycles. The Hall–Kier alpha value is -3.65. The fraction of sp³-hybridized carbons (Fsp3) is 0.414. The molecule has 1 atom stereocenters. The van der Waals surface area contributed by atoms with E-state index in [2.05, 4.69) is 46.4 Å². The molecular formula is C29H37N5O3. The van der Waals surface area contributed by atoms with Gasteiger partial charge < -0.3 is 20.1 Å². The Kier molecular flexibility index (Phi) is 8.28. The molecule has 0 spiro atoms. The largest absolute Gasteiger partial charge is 0.508 e. The van der Waals surface area contributed by atoms with Crippen LogP contribution in [0, 0.1) is 0 Å². The molecule has 3 aromatic rings. The van der Waals surface area contributed by atoms with E-state index in [1.165, 1.54) is 5.56 Å². The fourth-order valence-corrected chi connectivity index (χ4v) is 4.37. The van der Waals surface area contributed by atoms with Crippen LogP contribution in [0.2, 0.25) is 0 Å². The molecule has 2 heterocycles. The van der Waals surface area contributed by atoms with Crippen molar-refractivity contribution >= 4 is 12.0 Å². The van der Waals surface area contributed by atoms with Crippen LogP contribution in [0.3, 0.4) is 0 Å². The lowest BCUT2D eigenvalue weighted by Gasteiger charge is -2.40. The van der Waals surface area contributed by atoms with Crippen LogP contribution in [0.25, 0.3) is 11.3 Å². The molecule has 0 radical (unpaired) electrons. The number of piperazine rings is 1. The van der Waals surface area contributed by atoms with Crippen LogP contribution in [0.1, 0.15) is 38.8 Å². The van der Waals surface area contributed by atoms with Crippen molar-refractivity contribution in [3.63, 3.8) is 0 Å². The monoisotopic (exact) mass is 503 g/mol. The van der Waals surface area contributed by atoms with Gasteiger partial charge in [0.15, 0.2) is 0 Å². The third-order valence-electron chi connectivity index (χ3n) is 6.31. The minimum Gasteiger partial charge on any atom is -0.508 e. The molecule has 4 rings (SSSR count). The number of nitrogens with zero attached hydrogens (tertiary/aromatic N) is 4. The standard InChI is InChI=1S/C29H37N5O3/c1-21-19-34(28(36)37-29(2,3)4)17-16-33(21)20-23-6-5-7-24(18-23)26-13-15-31-27(32-26)30-14-12-22-8-10-25(35)11-9-22/h5-11,13,15,18,21,35H,12,14,16-17,19-20H2,1-4H3,(H,30,31,32)/t21-/m0/s1. The van der Waals surface area contributed by atoms with Crippen molar-refractivity contribution in [2.75, 3.05) is 31.5 Å². The highest BCUT2D eigenvalue weighted by atomic mass is 16.6. The van der Waals surface area contributed by atoms with E-state index in [0.717, 1.165) is 36.3 Å². The maximum Gasteiger partial charge on any atom is 0.410 e. The number of phenols is 1. The molecule has 37 heavy (non-hydrogen) atoms. The molecule has 8 nitrogen and oxygen atoms in total. The molecule has 196 valence electrons. The summed E-state index contributed by atoms with van der Waals surface area (Å²) in [5.41, 5.74) is 3.76. The van der Waals surface area contributed by atoms with Gasteiger partial charge in [-0.2, -0.15) is 0 Å². The number of carbonyl (C=O) groups excluding carboxylic acids is 1. The van der Waals surface area contributed by atoms with Gasteiger partial charge in [-0.05, 0) is 69.5 Å². The summed E-state index contributed by atoms with van der Waals surface area (Å²) in [4.78, 5) is 25.7. The quantitative estimate of drug-likeness (QED) is 0.472. The van der Waals surface area contributed by atoms with E-state index in [9.17, 15) is 9.90 Å². The van der Waals surface area contributed by atoms with Crippen molar-refractivity contribution in [3.05, 3.63) is 71.9 Å².